The monoisotopic (exact) mass is 451 g/mol. The Kier molecular flexibility index (Phi) is 6.62. The fourth-order valence-corrected chi connectivity index (χ4v) is 6.62. The third-order valence-electron chi connectivity index (χ3n) is 6.09. The van der Waals surface area contributed by atoms with Gasteiger partial charge in [0.1, 0.15) is 11.9 Å². The van der Waals surface area contributed by atoms with Gasteiger partial charge in [-0.05, 0) is 56.4 Å². The van der Waals surface area contributed by atoms with Crippen LogP contribution in [0.15, 0.2) is 34.7 Å². The minimum atomic E-state index is -3.48. The Morgan fingerprint density at radius 2 is 1.83 bits per heavy atom. The lowest BCUT2D eigenvalue weighted by molar-refractivity contribution is 0.0584. The van der Waals surface area contributed by atoms with Crippen molar-refractivity contribution in [1.29, 1.82) is 0 Å². The first-order chi connectivity index (χ1) is 14.5. The van der Waals surface area contributed by atoms with Crippen LogP contribution in [0.5, 0.6) is 10.9 Å². The highest BCUT2D eigenvalue weighted by Crippen LogP contribution is 2.29. The zero-order valence-corrected chi connectivity index (χ0v) is 19.1. The van der Waals surface area contributed by atoms with Crippen molar-refractivity contribution < 1.29 is 17.9 Å². The van der Waals surface area contributed by atoms with Gasteiger partial charge in [0, 0.05) is 43.8 Å². The van der Waals surface area contributed by atoms with Gasteiger partial charge in [-0.25, -0.2) is 13.4 Å². The first kappa shape index (κ1) is 21.5. The number of sulfonamides is 1. The Bertz CT molecular complexity index is 933. The number of ether oxygens (including phenoxy) is 2. The third kappa shape index (κ3) is 4.64. The van der Waals surface area contributed by atoms with Gasteiger partial charge in [0.15, 0.2) is 0 Å². The van der Waals surface area contributed by atoms with E-state index >= 15 is 0 Å². The van der Waals surface area contributed by atoms with E-state index in [2.05, 4.69) is 9.88 Å². The highest BCUT2D eigenvalue weighted by Gasteiger charge is 2.34. The summed E-state index contributed by atoms with van der Waals surface area (Å²) in [5.41, 5.74) is 0.721. The molecule has 0 aliphatic carbocycles. The number of likely N-dealkylation sites (tertiary alicyclic amines) is 1. The van der Waals surface area contributed by atoms with Crippen LogP contribution in [0, 0.1) is 6.92 Å². The standard InChI is InChI=1S/C21H29N3O4S2/c1-16-15-19(27-2)3-4-20(16)30(25,26)24-12-5-17(6-13-24)23-10-7-18(8-11-23)28-21-22-9-14-29-21/h3-4,9,14-15,17-18H,5-8,10-13H2,1-2H3. The van der Waals surface area contributed by atoms with Crippen molar-refractivity contribution in [3.8, 4) is 10.9 Å². The quantitative estimate of drug-likeness (QED) is 0.672. The third-order valence-corrected chi connectivity index (χ3v) is 8.81. The zero-order chi connectivity index (χ0) is 21.1. The molecule has 0 spiro atoms. The summed E-state index contributed by atoms with van der Waals surface area (Å²) in [4.78, 5) is 7.09. The Hall–Kier alpha value is -1.68. The van der Waals surface area contributed by atoms with Gasteiger partial charge in [-0.3, -0.25) is 0 Å². The number of aromatic nitrogens is 1. The molecule has 0 unspecified atom stereocenters. The largest absolute Gasteiger partial charge is 0.497 e. The Balaban J connectivity index is 1.31. The van der Waals surface area contributed by atoms with Gasteiger partial charge in [0.05, 0.1) is 12.0 Å². The number of rotatable bonds is 6. The second-order valence-electron chi connectivity index (χ2n) is 7.92. The van der Waals surface area contributed by atoms with Crippen molar-refractivity contribution in [1.82, 2.24) is 14.2 Å². The fraction of sp³-hybridized carbons (Fsp3) is 0.571. The van der Waals surface area contributed by atoms with E-state index in [1.807, 2.05) is 12.3 Å². The maximum atomic E-state index is 13.1. The Morgan fingerprint density at radius 1 is 1.10 bits per heavy atom. The average molecular weight is 452 g/mol. The molecule has 1 aromatic heterocycles. The van der Waals surface area contributed by atoms with Crippen LogP contribution in [0.25, 0.3) is 0 Å². The summed E-state index contributed by atoms with van der Waals surface area (Å²) >= 11 is 1.53. The van der Waals surface area contributed by atoms with Gasteiger partial charge in [-0.15, -0.1) is 0 Å². The molecule has 164 valence electrons. The van der Waals surface area contributed by atoms with Crippen LogP contribution in [0.1, 0.15) is 31.2 Å². The van der Waals surface area contributed by atoms with Crippen molar-refractivity contribution in [2.75, 3.05) is 33.3 Å². The van der Waals surface area contributed by atoms with Gasteiger partial charge in [-0.1, -0.05) is 11.3 Å². The lowest BCUT2D eigenvalue weighted by atomic mass is 10.00. The molecular formula is C21H29N3O4S2. The lowest BCUT2D eigenvalue weighted by Gasteiger charge is -2.41. The van der Waals surface area contributed by atoms with Crippen molar-refractivity contribution >= 4 is 21.4 Å². The van der Waals surface area contributed by atoms with Crippen LogP contribution in [0.2, 0.25) is 0 Å². The Morgan fingerprint density at radius 3 is 2.43 bits per heavy atom. The lowest BCUT2D eigenvalue weighted by Crippen LogP contribution is -2.50. The summed E-state index contributed by atoms with van der Waals surface area (Å²) in [7, 11) is -1.89. The summed E-state index contributed by atoms with van der Waals surface area (Å²) in [6.45, 7) is 4.93. The molecule has 30 heavy (non-hydrogen) atoms. The number of methoxy groups -OCH3 is 1. The van der Waals surface area contributed by atoms with E-state index in [1.165, 1.54) is 11.3 Å². The smallest absolute Gasteiger partial charge is 0.273 e. The Labute approximate surface area is 182 Å². The van der Waals surface area contributed by atoms with Gasteiger partial charge in [0.2, 0.25) is 10.0 Å². The molecule has 3 heterocycles. The molecule has 0 radical (unpaired) electrons. The van der Waals surface area contributed by atoms with Crippen molar-refractivity contribution in [3.05, 3.63) is 35.3 Å². The van der Waals surface area contributed by atoms with E-state index in [0.717, 1.165) is 49.5 Å². The van der Waals surface area contributed by atoms with Crippen LogP contribution < -0.4 is 9.47 Å². The molecule has 0 saturated carbocycles. The topological polar surface area (TPSA) is 72.0 Å². The number of aryl methyl sites for hydroxylation is 1. The highest BCUT2D eigenvalue weighted by atomic mass is 32.2. The molecule has 0 amide bonds. The first-order valence-corrected chi connectivity index (χ1v) is 12.7. The predicted molar refractivity (Wildman–Crippen MR) is 117 cm³/mol. The van der Waals surface area contributed by atoms with Gasteiger partial charge >= 0.3 is 0 Å². The predicted octanol–water partition coefficient (Wildman–Crippen LogP) is 3.16. The zero-order valence-electron chi connectivity index (χ0n) is 17.5. The SMILES string of the molecule is COc1ccc(S(=O)(=O)N2CCC(N3CCC(Oc4nccs4)CC3)CC2)c(C)c1. The minimum absolute atomic E-state index is 0.228. The summed E-state index contributed by atoms with van der Waals surface area (Å²) in [6.07, 6.45) is 5.71. The van der Waals surface area contributed by atoms with Crippen LogP contribution in [0.3, 0.4) is 0 Å². The van der Waals surface area contributed by atoms with Crippen LogP contribution >= 0.6 is 11.3 Å². The fourth-order valence-electron chi connectivity index (χ4n) is 4.39. The van der Waals surface area contributed by atoms with Crippen molar-refractivity contribution in [2.45, 2.75) is 49.6 Å². The normalized spacial score (nSPS) is 20.3. The minimum Gasteiger partial charge on any atom is -0.497 e. The summed E-state index contributed by atoms with van der Waals surface area (Å²) < 4.78 is 39.1. The van der Waals surface area contributed by atoms with Crippen molar-refractivity contribution in [3.63, 3.8) is 0 Å². The molecule has 4 rings (SSSR count). The number of piperidine rings is 2. The molecule has 9 heteroatoms. The van der Waals surface area contributed by atoms with E-state index in [9.17, 15) is 8.42 Å². The van der Waals surface area contributed by atoms with Gasteiger partial charge < -0.3 is 14.4 Å². The number of thiazole rings is 1. The molecule has 0 atom stereocenters. The molecule has 2 aliphatic heterocycles. The van der Waals surface area contributed by atoms with Crippen molar-refractivity contribution in [2.24, 2.45) is 0 Å². The first-order valence-electron chi connectivity index (χ1n) is 10.4. The van der Waals surface area contributed by atoms with Crippen LogP contribution in [-0.4, -0.2) is 68.0 Å². The maximum absolute atomic E-state index is 13.1. The average Bonchev–Trinajstić information content (AvgIpc) is 3.27. The molecule has 0 bridgehead atoms. The highest BCUT2D eigenvalue weighted by molar-refractivity contribution is 7.89. The van der Waals surface area contributed by atoms with Gasteiger partial charge in [-0.2, -0.15) is 4.31 Å². The second-order valence-corrected chi connectivity index (χ2v) is 10.7. The molecule has 2 fully saturated rings. The molecule has 2 aromatic rings. The maximum Gasteiger partial charge on any atom is 0.273 e. The summed E-state index contributed by atoms with van der Waals surface area (Å²) in [5.74, 6) is 0.674. The molecule has 0 N–H and O–H groups in total. The summed E-state index contributed by atoms with van der Waals surface area (Å²) in [6, 6.07) is 5.58. The van der Waals surface area contributed by atoms with E-state index in [4.69, 9.17) is 9.47 Å². The molecular weight excluding hydrogens is 422 g/mol. The van der Waals surface area contributed by atoms with Gasteiger partial charge in [0.25, 0.3) is 5.19 Å². The molecule has 1 aromatic carbocycles. The van der Waals surface area contributed by atoms with E-state index < -0.39 is 10.0 Å². The molecule has 7 nitrogen and oxygen atoms in total. The van der Waals surface area contributed by atoms with Crippen LogP contribution in [-0.2, 0) is 10.0 Å². The van der Waals surface area contributed by atoms with E-state index in [1.54, 1.807) is 35.8 Å². The second kappa shape index (κ2) is 9.21. The van der Waals surface area contributed by atoms with Crippen LogP contribution in [0.4, 0.5) is 0 Å². The summed E-state index contributed by atoms with van der Waals surface area (Å²) in [5, 5.41) is 2.68. The number of benzene rings is 1. The molecule has 2 saturated heterocycles. The number of hydrogen-bond donors (Lipinski definition) is 0. The molecule has 2 aliphatic rings. The van der Waals surface area contributed by atoms with E-state index in [0.29, 0.717) is 29.8 Å². The number of nitrogens with zero attached hydrogens (tertiary/aromatic N) is 3. The number of hydrogen-bond acceptors (Lipinski definition) is 7. The van der Waals surface area contributed by atoms with E-state index in [-0.39, 0.29) is 6.10 Å².